The maximum atomic E-state index is 13.9. The zero-order valence-electron chi connectivity index (χ0n) is 12.1. The summed E-state index contributed by atoms with van der Waals surface area (Å²) in [7, 11) is -2.04. The molecule has 0 saturated carbocycles. The number of thiophene rings is 1. The summed E-state index contributed by atoms with van der Waals surface area (Å²) in [4.78, 5) is 0.426. The molecule has 0 amide bonds. The van der Waals surface area contributed by atoms with E-state index < -0.39 is 28.3 Å². The smallest absolute Gasteiger partial charge is 0.281 e. The standard InChI is InChI=1S/C13H14F2N2O3S2/c1-6-4-8(17(2)16-6)10-7-5-13(14,15)11(18)9(7)12(21-10)22(3,19)20/h4,11,18H,5H2,1-3H3/t11-/m0/s1. The van der Waals surface area contributed by atoms with Crippen LogP contribution in [-0.2, 0) is 23.3 Å². The van der Waals surface area contributed by atoms with Gasteiger partial charge in [-0.3, -0.25) is 4.68 Å². The number of aliphatic hydroxyl groups excluding tert-OH is 1. The normalized spacial score (nSPS) is 20.4. The number of aryl methyl sites for hydroxylation is 2. The number of hydrogen-bond acceptors (Lipinski definition) is 5. The summed E-state index contributed by atoms with van der Waals surface area (Å²) in [5.74, 6) is -3.36. The van der Waals surface area contributed by atoms with Crippen LogP contribution in [0, 0.1) is 6.92 Å². The predicted molar refractivity (Wildman–Crippen MR) is 78.0 cm³/mol. The van der Waals surface area contributed by atoms with Crippen molar-refractivity contribution < 1.29 is 22.3 Å². The lowest BCUT2D eigenvalue weighted by Gasteiger charge is -2.14. The van der Waals surface area contributed by atoms with Crippen molar-refractivity contribution in [2.24, 2.45) is 7.05 Å². The van der Waals surface area contributed by atoms with Crippen LogP contribution in [0.1, 0.15) is 22.9 Å². The van der Waals surface area contributed by atoms with Crippen LogP contribution >= 0.6 is 11.3 Å². The van der Waals surface area contributed by atoms with E-state index in [0.717, 1.165) is 17.6 Å². The molecule has 5 nitrogen and oxygen atoms in total. The van der Waals surface area contributed by atoms with E-state index in [0.29, 0.717) is 16.3 Å². The topological polar surface area (TPSA) is 72.2 Å². The van der Waals surface area contributed by atoms with Gasteiger partial charge in [0.15, 0.2) is 9.84 Å². The Labute approximate surface area is 130 Å². The van der Waals surface area contributed by atoms with Gasteiger partial charge in [0.1, 0.15) is 10.3 Å². The van der Waals surface area contributed by atoms with E-state index in [1.165, 1.54) is 4.68 Å². The minimum atomic E-state index is -3.71. The average molecular weight is 348 g/mol. The van der Waals surface area contributed by atoms with Gasteiger partial charge >= 0.3 is 0 Å². The third-order valence-corrected chi connectivity index (χ3v) is 6.79. The minimum absolute atomic E-state index is 0.161. The van der Waals surface area contributed by atoms with Crippen molar-refractivity contribution in [3.05, 3.63) is 22.9 Å². The van der Waals surface area contributed by atoms with Crippen LogP contribution in [0.4, 0.5) is 8.78 Å². The molecule has 0 aromatic carbocycles. The molecule has 1 N–H and O–H groups in total. The van der Waals surface area contributed by atoms with Crippen LogP contribution in [0.3, 0.4) is 0 Å². The van der Waals surface area contributed by atoms with E-state index >= 15 is 0 Å². The SMILES string of the molecule is Cc1cc(-c2sc(S(C)(=O)=O)c3c2CC(F)(F)[C@H]3O)n(C)n1. The molecule has 0 spiro atoms. The molecular weight excluding hydrogens is 334 g/mol. The average Bonchev–Trinajstić information content (AvgIpc) is 2.93. The monoisotopic (exact) mass is 348 g/mol. The van der Waals surface area contributed by atoms with E-state index in [-0.39, 0.29) is 15.3 Å². The molecule has 3 rings (SSSR count). The Morgan fingerprint density at radius 2 is 2.14 bits per heavy atom. The first-order valence-corrected chi connectivity index (χ1v) is 9.15. The summed E-state index contributed by atoms with van der Waals surface area (Å²) in [6, 6.07) is 1.71. The third-order valence-electron chi connectivity index (χ3n) is 3.67. The maximum absolute atomic E-state index is 13.9. The van der Waals surface area contributed by atoms with Crippen LogP contribution in [0.5, 0.6) is 0 Å². The maximum Gasteiger partial charge on any atom is 0.281 e. The lowest BCUT2D eigenvalue weighted by atomic mass is 10.1. The molecule has 1 aliphatic rings. The van der Waals surface area contributed by atoms with Crippen LogP contribution in [0.25, 0.3) is 10.6 Å². The van der Waals surface area contributed by atoms with Gasteiger partial charge in [-0.1, -0.05) is 0 Å². The first-order valence-electron chi connectivity index (χ1n) is 6.45. The van der Waals surface area contributed by atoms with Gasteiger partial charge in [0.25, 0.3) is 5.92 Å². The number of sulfone groups is 1. The van der Waals surface area contributed by atoms with Crippen LogP contribution in [0.15, 0.2) is 10.3 Å². The third kappa shape index (κ3) is 2.19. The van der Waals surface area contributed by atoms with Gasteiger partial charge in [-0.2, -0.15) is 5.10 Å². The Balaban J connectivity index is 2.32. The van der Waals surface area contributed by atoms with Crippen molar-refractivity contribution in [3.63, 3.8) is 0 Å². The molecule has 22 heavy (non-hydrogen) atoms. The number of nitrogens with zero attached hydrogens (tertiary/aromatic N) is 2. The lowest BCUT2D eigenvalue weighted by Crippen LogP contribution is -2.22. The largest absolute Gasteiger partial charge is 0.382 e. The molecule has 0 bridgehead atoms. The van der Waals surface area contributed by atoms with Gasteiger partial charge in [0.2, 0.25) is 0 Å². The summed E-state index contributed by atoms with van der Waals surface area (Å²) in [5, 5.41) is 14.0. The second-order valence-corrected chi connectivity index (χ2v) is 8.75. The zero-order valence-corrected chi connectivity index (χ0v) is 13.7. The highest BCUT2D eigenvalue weighted by Crippen LogP contribution is 2.53. The van der Waals surface area contributed by atoms with Crippen molar-refractivity contribution in [1.29, 1.82) is 0 Å². The molecule has 0 unspecified atom stereocenters. The Bertz CT molecular complexity index is 868. The van der Waals surface area contributed by atoms with Crippen LogP contribution in [-0.4, -0.2) is 35.5 Å². The molecule has 2 heterocycles. The molecule has 1 aliphatic carbocycles. The summed E-state index contributed by atoms with van der Waals surface area (Å²) >= 11 is 0.912. The number of rotatable bonds is 2. The van der Waals surface area contributed by atoms with Gasteiger partial charge in [0.05, 0.1) is 16.3 Å². The molecule has 9 heteroatoms. The summed E-state index contributed by atoms with van der Waals surface area (Å²) in [5.41, 5.74) is 1.31. The number of halogens is 2. The number of fused-ring (bicyclic) bond motifs is 1. The molecular formula is C13H14F2N2O3S2. The highest BCUT2D eigenvalue weighted by Gasteiger charge is 2.51. The zero-order chi connectivity index (χ0) is 16.4. The van der Waals surface area contributed by atoms with E-state index in [1.54, 1.807) is 20.0 Å². The molecule has 2 aromatic heterocycles. The van der Waals surface area contributed by atoms with E-state index in [9.17, 15) is 22.3 Å². The first kappa shape index (κ1) is 15.6. The Morgan fingerprint density at radius 3 is 2.64 bits per heavy atom. The molecule has 0 fully saturated rings. The summed E-state index contributed by atoms with van der Waals surface area (Å²) < 4.78 is 52.9. The fourth-order valence-corrected chi connectivity index (χ4v) is 5.38. The van der Waals surface area contributed by atoms with Crippen molar-refractivity contribution in [2.75, 3.05) is 6.26 Å². The van der Waals surface area contributed by atoms with Gasteiger partial charge in [0, 0.05) is 25.3 Å². The lowest BCUT2D eigenvalue weighted by molar-refractivity contribution is -0.0975. The van der Waals surface area contributed by atoms with Crippen LogP contribution in [0.2, 0.25) is 0 Å². The Morgan fingerprint density at radius 1 is 1.50 bits per heavy atom. The highest BCUT2D eigenvalue weighted by molar-refractivity contribution is 7.92. The molecule has 2 aromatic rings. The molecule has 0 radical (unpaired) electrons. The van der Waals surface area contributed by atoms with Crippen LogP contribution < -0.4 is 0 Å². The highest BCUT2D eigenvalue weighted by atomic mass is 32.2. The number of aromatic nitrogens is 2. The Hall–Kier alpha value is -1.32. The first-order chi connectivity index (χ1) is 10.0. The van der Waals surface area contributed by atoms with E-state index in [1.807, 2.05) is 0 Å². The molecule has 1 atom stereocenters. The van der Waals surface area contributed by atoms with Crippen molar-refractivity contribution in [2.45, 2.75) is 29.6 Å². The summed E-state index contributed by atoms with van der Waals surface area (Å²) in [6.45, 7) is 1.76. The van der Waals surface area contributed by atoms with Crippen molar-refractivity contribution in [1.82, 2.24) is 9.78 Å². The molecule has 120 valence electrons. The van der Waals surface area contributed by atoms with Crippen molar-refractivity contribution in [3.8, 4) is 10.6 Å². The second kappa shape index (κ2) is 4.59. The fraction of sp³-hybridized carbons (Fsp3) is 0.462. The van der Waals surface area contributed by atoms with E-state index in [4.69, 9.17) is 0 Å². The van der Waals surface area contributed by atoms with Gasteiger partial charge in [-0.05, 0) is 18.6 Å². The minimum Gasteiger partial charge on any atom is -0.382 e. The number of hydrogen-bond donors (Lipinski definition) is 1. The quantitative estimate of drug-likeness (QED) is 0.902. The van der Waals surface area contributed by atoms with Crippen molar-refractivity contribution >= 4 is 21.2 Å². The molecule has 0 aliphatic heterocycles. The van der Waals surface area contributed by atoms with Gasteiger partial charge < -0.3 is 5.11 Å². The fourth-order valence-electron chi connectivity index (χ4n) is 2.76. The van der Waals surface area contributed by atoms with E-state index in [2.05, 4.69) is 5.10 Å². The summed E-state index contributed by atoms with van der Waals surface area (Å²) in [6.07, 6.45) is -1.80. The number of alkyl halides is 2. The molecule has 0 saturated heterocycles. The second-order valence-electron chi connectivity index (χ2n) is 5.52. The number of aliphatic hydroxyl groups is 1. The predicted octanol–water partition coefficient (Wildman–Crippen LogP) is 2.09. The Kier molecular flexibility index (Phi) is 3.25. The van der Waals surface area contributed by atoms with Gasteiger partial charge in [-0.25, -0.2) is 17.2 Å². The van der Waals surface area contributed by atoms with Gasteiger partial charge in [-0.15, -0.1) is 11.3 Å².